The third-order valence-corrected chi connectivity index (χ3v) is 6.37. The quantitative estimate of drug-likeness (QED) is 0.717. The maximum atomic E-state index is 13.1. The molecule has 0 aliphatic rings. The van der Waals surface area contributed by atoms with E-state index in [0.717, 1.165) is 5.01 Å². The molecule has 0 saturated carbocycles. The molecule has 0 radical (unpaired) electrons. The van der Waals surface area contributed by atoms with Gasteiger partial charge in [0.25, 0.3) is 10.0 Å². The zero-order valence-corrected chi connectivity index (χ0v) is 16.5. The highest BCUT2D eigenvalue weighted by molar-refractivity contribution is 7.92. The molecule has 7 nitrogen and oxygen atoms in total. The predicted octanol–water partition coefficient (Wildman–Crippen LogP) is 3.71. The molecular formula is C17H19N5O2S2. The van der Waals surface area contributed by atoms with Gasteiger partial charge in [0, 0.05) is 11.6 Å². The van der Waals surface area contributed by atoms with Crippen molar-refractivity contribution in [1.29, 1.82) is 5.26 Å². The van der Waals surface area contributed by atoms with Gasteiger partial charge in [-0.1, -0.05) is 39.0 Å². The van der Waals surface area contributed by atoms with Crippen LogP contribution in [-0.2, 0) is 10.0 Å². The lowest BCUT2D eigenvalue weighted by Crippen LogP contribution is -2.18. The Morgan fingerprint density at radius 1 is 1.15 bits per heavy atom. The van der Waals surface area contributed by atoms with Crippen LogP contribution in [0.2, 0.25) is 0 Å². The summed E-state index contributed by atoms with van der Waals surface area (Å²) >= 11 is 1.40. The number of rotatable bonds is 5. The van der Waals surface area contributed by atoms with Crippen LogP contribution >= 0.6 is 11.3 Å². The third-order valence-electron chi connectivity index (χ3n) is 3.76. The van der Waals surface area contributed by atoms with Gasteiger partial charge in [0.15, 0.2) is 0 Å². The first-order valence-electron chi connectivity index (χ1n) is 8.15. The van der Waals surface area contributed by atoms with Gasteiger partial charge in [-0.05, 0) is 30.2 Å². The van der Waals surface area contributed by atoms with E-state index in [2.05, 4.69) is 14.8 Å². The first kappa shape index (κ1) is 18.4. The second-order valence-electron chi connectivity index (χ2n) is 6.54. The molecule has 1 aromatic carbocycles. The van der Waals surface area contributed by atoms with Crippen molar-refractivity contribution in [3.05, 3.63) is 40.5 Å². The lowest BCUT2D eigenvalue weighted by molar-refractivity contribution is 0.588. The molecule has 1 N–H and O–H groups in total. The van der Waals surface area contributed by atoms with Gasteiger partial charge in [-0.3, -0.25) is 4.72 Å². The summed E-state index contributed by atoms with van der Waals surface area (Å²) < 4.78 is 30.1. The standard InChI is InChI=1S/C17H19N5O2S2/c1-10(2)14-16(22-17(19-14)25-15(20-22)11(3)4)26(23,24)21-13-7-5-12(9-18)6-8-13/h5-8,10-11,21H,1-4H3. The zero-order valence-electron chi connectivity index (χ0n) is 14.9. The SMILES string of the molecule is CC(C)c1nn2c(S(=O)(=O)Nc3ccc(C#N)cc3)c(C(C)C)nc2s1. The van der Waals surface area contributed by atoms with Crippen molar-refractivity contribution in [3.8, 4) is 6.07 Å². The number of hydrogen-bond donors (Lipinski definition) is 1. The van der Waals surface area contributed by atoms with Crippen LogP contribution in [0.15, 0.2) is 29.3 Å². The number of nitrogens with zero attached hydrogens (tertiary/aromatic N) is 4. The highest BCUT2D eigenvalue weighted by Crippen LogP contribution is 2.30. The third kappa shape index (κ3) is 3.30. The zero-order chi connectivity index (χ0) is 19.1. The average molecular weight is 390 g/mol. The molecule has 136 valence electrons. The highest BCUT2D eigenvalue weighted by atomic mass is 32.2. The van der Waals surface area contributed by atoms with Crippen LogP contribution in [-0.4, -0.2) is 23.0 Å². The fourth-order valence-electron chi connectivity index (χ4n) is 2.44. The van der Waals surface area contributed by atoms with Crippen molar-refractivity contribution in [3.63, 3.8) is 0 Å². The number of nitriles is 1. The van der Waals surface area contributed by atoms with Crippen LogP contribution in [0, 0.1) is 11.3 Å². The van der Waals surface area contributed by atoms with E-state index in [9.17, 15) is 8.42 Å². The van der Waals surface area contributed by atoms with E-state index in [1.165, 1.54) is 15.9 Å². The summed E-state index contributed by atoms with van der Waals surface area (Å²) in [5.41, 5.74) is 1.33. The van der Waals surface area contributed by atoms with E-state index < -0.39 is 10.0 Å². The first-order valence-corrected chi connectivity index (χ1v) is 10.4. The molecular weight excluding hydrogens is 370 g/mol. The molecule has 0 bridgehead atoms. The summed E-state index contributed by atoms with van der Waals surface area (Å²) in [7, 11) is -3.89. The Morgan fingerprint density at radius 2 is 1.81 bits per heavy atom. The Kier molecular flexibility index (Phi) is 4.73. The first-order chi connectivity index (χ1) is 12.2. The second kappa shape index (κ2) is 6.70. The Morgan fingerprint density at radius 3 is 2.35 bits per heavy atom. The summed E-state index contributed by atoms with van der Waals surface area (Å²) in [4.78, 5) is 5.07. The fourth-order valence-corrected chi connectivity index (χ4v) is 4.86. The molecule has 0 amide bonds. The largest absolute Gasteiger partial charge is 0.281 e. The fraction of sp³-hybridized carbons (Fsp3) is 0.353. The van der Waals surface area contributed by atoms with Gasteiger partial charge in [-0.25, -0.2) is 4.98 Å². The van der Waals surface area contributed by atoms with Crippen molar-refractivity contribution >= 4 is 32.0 Å². The summed E-state index contributed by atoms with van der Waals surface area (Å²) in [6, 6.07) is 8.25. The van der Waals surface area contributed by atoms with Gasteiger partial charge >= 0.3 is 0 Å². The monoisotopic (exact) mass is 389 g/mol. The van der Waals surface area contributed by atoms with Crippen LogP contribution in [0.3, 0.4) is 0 Å². The molecule has 0 aliphatic carbocycles. The molecule has 2 aromatic heterocycles. The number of imidazole rings is 1. The Bertz CT molecular complexity index is 1090. The lowest BCUT2D eigenvalue weighted by Gasteiger charge is -2.10. The molecule has 0 atom stereocenters. The van der Waals surface area contributed by atoms with E-state index in [0.29, 0.717) is 21.9 Å². The van der Waals surface area contributed by atoms with Gasteiger partial charge in [-0.15, -0.1) is 0 Å². The Balaban J connectivity index is 2.10. The highest BCUT2D eigenvalue weighted by Gasteiger charge is 2.29. The van der Waals surface area contributed by atoms with Gasteiger partial charge in [0.1, 0.15) is 5.01 Å². The number of sulfonamides is 1. The summed E-state index contributed by atoms with van der Waals surface area (Å²) in [5, 5.41) is 14.2. The number of anilines is 1. The number of benzene rings is 1. The van der Waals surface area contributed by atoms with Gasteiger partial charge in [0.05, 0.1) is 17.3 Å². The molecule has 26 heavy (non-hydrogen) atoms. The number of nitrogens with one attached hydrogen (secondary N) is 1. The smallest absolute Gasteiger partial charge is 0.278 e. The summed E-state index contributed by atoms with van der Waals surface area (Å²) in [5.74, 6) is 0.116. The average Bonchev–Trinajstić information content (AvgIpc) is 3.12. The van der Waals surface area contributed by atoms with E-state index in [4.69, 9.17) is 5.26 Å². The van der Waals surface area contributed by atoms with Gasteiger partial charge in [-0.2, -0.15) is 23.3 Å². The number of fused-ring (bicyclic) bond motifs is 1. The van der Waals surface area contributed by atoms with E-state index >= 15 is 0 Å². The maximum absolute atomic E-state index is 13.1. The summed E-state index contributed by atoms with van der Waals surface area (Å²) in [6.45, 7) is 7.81. The minimum Gasteiger partial charge on any atom is -0.278 e. The van der Waals surface area contributed by atoms with Gasteiger partial charge < -0.3 is 0 Å². The van der Waals surface area contributed by atoms with E-state index in [1.807, 2.05) is 33.8 Å². The molecule has 0 unspecified atom stereocenters. The molecule has 2 heterocycles. The molecule has 0 spiro atoms. The van der Waals surface area contributed by atoms with Crippen LogP contribution in [0.25, 0.3) is 4.96 Å². The van der Waals surface area contributed by atoms with E-state index in [1.54, 1.807) is 24.3 Å². The predicted molar refractivity (Wildman–Crippen MR) is 101 cm³/mol. The van der Waals surface area contributed by atoms with E-state index in [-0.39, 0.29) is 16.9 Å². The maximum Gasteiger partial charge on any atom is 0.281 e. The van der Waals surface area contributed by atoms with Crippen molar-refractivity contribution < 1.29 is 8.42 Å². The van der Waals surface area contributed by atoms with Crippen LogP contribution in [0.5, 0.6) is 0 Å². The molecule has 9 heteroatoms. The molecule has 0 saturated heterocycles. The van der Waals surface area contributed by atoms with Crippen LogP contribution < -0.4 is 4.72 Å². The minimum absolute atomic E-state index is 0.0648. The molecule has 3 aromatic rings. The van der Waals surface area contributed by atoms with Crippen LogP contribution in [0.1, 0.15) is 55.8 Å². The molecule has 0 aliphatic heterocycles. The van der Waals surface area contributed by atoms with Crippen molar-refractivity contribution in [2.24, 2.45) is 0 Å². The molecule has 0 fully saturated rings. The second-order valence-corrected chi connectivity index (χ2v) is 9.13. The number of hydrogen-bond acceptors (Lipinski definition) is 6. The van der Waals surface area contributed by atoms with Gasteiger partial charge in [0.2, 0.25) is 9.99 Å². The lowest BCUT2D eigenvalue weighted by atomic mass is 10.2. The normalized spacial score (nSPS) is 12.0. The molecule has 3 rings (SSSR count). The van der Waals surface area contributed by atoms with Crippen molar-refractivity contribution in [1.82, 2.24) is 14.6 Å². The van der Waals surface area contributed by atoms with Crippen molar-refractivity contribution in [2.45, 2.75) is 44.6 Å². The Hall–Kier alpha value is -2.44. The Labute approximate surface area is 156 Å². The topological polar surface area (TPSA) is 100 Å². The number of aromatic nitrogens is 3. The van der Waals surface area contributed by atoms with Crippen LogP contribution in [0.4, 0.5) is 5.69 Å². The van der Waals surface area contributed by atoms with Crippen molar-refractivity contribution in [2.75, 3.05) is 4.72 Å². The minimum atomic E-state index is -3.89. The summed E-state index contributed by atoms with van der Waals surface area (Å²) in [6.07, 6.45) is 0.